The van der Waals surface area contributed by atoms with Crippen LogP contribution in [0, 0.1) is 13.8 Å². The molecule has 1 aliphatic rings. The number of amides is 1. The molecule has 0 aromatic heterocycles. The third-order valence-corrected chi connectivity index (χ3v) is 3.56. The van der Waals surface area contributed by atoms with E-state index in [4.69, 9.17) is 14.6 Å². The standard InChI is InChI=1S/C16H21NO5/c1-10-6-12(7-11(2)15(10)22-9-14(18)19)16(20)17-13-4-3-5-21-8-13/h6-7,13H,3-5,8-9H2,1-2H3,(H,17,20)(H,18,19). The Balaban J connectivity index is 2.07. The van der Waals surface area contributed by atoms with Gasteiger partial charge in [0.25, 0.3) is 5.91 Å². The van der Waals surface area contributed by atoms with Crippen molar-refractivity contribution >= 4 is 11.9 Å². The Hall–Kier alpha value is -2.08. The Morgan fingerprint density at radius 3 is 2.59 bits per heavy atom. The number of carboxylic acid groups (broad SMARTS) is 1. The smallest absolute Gasteiger partial charge is 0.341 e. The van der Waals surface area contributed by atoms with E-state index in [1.165, 1.54) is 0 Å². The summed E-state index contributed by atoms with van der Waals surface area (Å²) in [5.41, 5.74) is 2.03. The van der Waals surface area contributed by atoms with Crippen molar-refractivity contribution in [1.82, 2.24) is 5.32 Å². The number of ether oxygens (including phenoxy) is 2. The zero-order valence-corrected chi connectivity index (χ0v) is 12.8. The van der Waals surface area contributed by atoms with E-state index in [-0.39, 0.29) is 11.9 Å². The van der Waals surface area contributed by atoms with E-state index in [0.717, 1.165) is 30.6 Å². The summed E-state index contributed by atoms with van der Waals surface area (Å²) < 4.78 is 10.6. The second kappa shape index (κ2) is 7.26. The number of carboxylic acids is 1. The fourth-order valence-corrected chi connectivity index (χ4v) is 2.57. The van der Waals surface area contributed by atoms with Gasteiger partial charge in [0.05, 0.1) is 12.6 Å². The minimum atomic E-state index is -1.03. The maximum Gasteiger partial charge on any atom is 0.341 e. The molecule has 1 atom stereocenters. The molecular formula is C16H21NO5. The normalized spacial score (nSPS) is 17.8. The van der Waals surface area contributed by atoms with Crippen molar-refractivity contribution in [2.45, 2.75) is 32.7 Å². The number of nitrogens with one attached hydrogen (secondary N) is 1. The molecule has 6 nitrogen and oxygen atoms in total. The molecule has 1 aromatic carbocycles. The second-order valence-corrected chi connectivity index (χ2v) is 5.51. The molecule has 0 aliphatic carbocycles. The second-order valence-electron chi connectivity index (χ2n) is 5.51. The van der Waals surface area contributed by atoms with Crippen molar-refractivity contribution in [1.29, 1.82) is 0 Å². The molecule has 0 saturated carbocycles. The predicted molar refractivity (Wildman–Crippen MR) is 80.4 cm³/mol. The number of hydrogen-bond acceptors (Lipinski definition) is 4. The first-order chi connectivity index (χ1) is 10.5. The minimum Gasteiger partial charge on any atom is -0.481 e. The van der Waals surface area contributed by atoms with Gasteiger partial charge in [-0.05, 0) is 49.9 Å². The van der Waals surface area contributed by atoms with Gasteiger partial charge in [-0.3, -0.25) is 4.79 Å². The van der Waals surface area contributed by atoms with Gasteiger partial charge in [-0.15, -0.1) is 0 Å². The van der Waals surface area contributed by atoms with Crippen LogP contribution in [0.25, 0.3) is 0 Å². The summed E-state index contributed by atoms with van der Waals surface area (Å²) in [5.74, 6) is -0.663. The maximum absolute atomic E-state index is 12.3. The van der Waals surface area contributed by atoms with E-state index in [9.17, 15) is 9.59 Å². The SMILES string of the molecule is Cc1cc(C(=O)NC2CCCOC2)cc(C)c1OCC(=O)O. The zero-order valence-electron chi connectivity index (χ0n) is 12.8. The Labute approximate surface area is 129 Å². The van der Waals surface area contributed by atoms with Crippen LogP contribution in [0.2, 0.25) is 0 Å². The Morgan fingerprint density at radius 1 is 1.36 bits per heavy atom. The average molecular weight is 307 g/mol. The van der Waals surface area contributed by atoms with Crippen LogP contribution in [-0.4, -0.2) is 42.8 Å². The number of rotatable bonds is 5. The molecule has 1 aromatic rings. The summed E-state index contributed by atoms with van der Waals surface area (Å²) in [6.45, 7) is 4.49. The van der Waals surface area contributed by atoms with Crippen molar-refractivity contribution in [3.63, 3.8) is 0 Å². The number of benzene rings is 1. The summed E-state index contributed by atoms with van der Waals surface area (Å²) in [4.78, 5) is 22.9. The molecule has 0 bridgehead atoms. The molecule has 0 radical (unpaired) electrons. The number of carbonyl (C=O) groups is 2. The van der Waals surface area contributed by atoms with Gasteiger partial charge in [-0.2, -0.15) is 0 Å². The first-order valence-electron chi connectivity index (χ1n) is 7.32. The van der Waals surface area contributed by atoms with Crippen LogP contribution in [0.4, 0.5) is 0 Å². The monoisotopic (exact) mass is 307 g/mol. The third kappa shape index (κ3) is 4.21. The third-order valence-electron chi connectivity index (χ3n) is 3.56. The van der Waals surface area contributed by atoms with E-state index < -0.39 is 12.6 Å². The lowest BCUT2D eigenvalue weighted by molar-refractivity contribution is -0.139. The van der Waals surface area contributed by atoms with Gasteiger partial charge in [0.2, 0.25) is 0 Å². The van der Waals surface area contributed by atoms with Crippen LogP contribution < -0.4 is 10.1 Å². The van der Waals surface area contributed by atoms with Gasteiger partial charge in [0.1, 0.15) is 5.75 Å². The van der Waals surface area contributed by atoms with Gasteiger partial charge < -0.3 is 19.9 Å². The van der Waals surface area contributed by atoms with E-state index in [1.54, 1.807) is 26.0 Å². The Bertz CT molecular complexity index is 541. The highest BCUT2D eigenvalue weighted by molar-refractivity contribution is 5.95. The quantitative estimate of drug-likeness (QED) is 0.864. The van der Waals surface area contributed by atoms with Crippen molar-refractivity contribution in [2.75, 3.05) is 19.8 Å². The molecule has 1 unspecified atom stereocenters. The van der Waals surface area contributed by atoms with Crippen LogP contribution in [0.1, 0.15) is 34.3 Å². The lowest BCUT2D eigenvalue weighted by atomic mass is 10.0. The molecule has 6 heteroatoms. The summed E-state index contributed by atoms with van der Waals surface area (Å²) >= 11 is 0. The summed E-state index contributed by atoms with van der Waals surface area (Å²) in [6.07, 6.45) is 1.87. The van der Waals surface area contributed by atoms with Crippen molar-refractivity contribution in [3.8, 4) is 5.75 Å². The summed E-state index contributed by atoms with van der Waals surface area (Å²) in [7, 11) is 0. The van der Waals surface area contributed by atoms with Gasteiger partial charge in [0, 0.05) is 12.2 Å². The maximum atomic E-state index is 12.3. The van der Waals surface area contributed by atoms with Crippen molar-refractivity contribution in [3.05, 3.63) is 28.8 Å². The highest BCUT2D eigenvalue weighted by atomic mass is 16.5. The van der Waals surface area contributed by atoms with Crippen molar-refractivity contribution < 1.29 is 24.2 Å². The van der Waals surface area contributed by atoms with Gasteiger partial charge in [0.15, 0.2) is 6.61 Å². The van der Waals surface area contributed by atoms with Crippen LogP contribution in [0.5, 0.6) is 5.75 Å². The minimum absolute atomic E-state index is 0.0461. The summed E-state index contributed by atoms with van der Waals surface area (Å²) in [6, 6.07) is 3.47. The summed E-state index contributed by atoms with van der Waals surface area (Å²) in [5, 5.41) is 11.6. The van der Waals surface area contributed by atoms with Crippen LogP contribution in [0.3, 0.4) is 0 Å². The highest BCUT2D eigenvalue weighted by Crippen LogP contribution is 2.25. The molecule has 1 fully saturated rings. The Kier molecular flexibility index (Phi) is 5.38. The Morgan fingerprint density at radius 2 is 2.05 bits per heavy atom. The predicted octanol–water partition coefficient (Wildman–Crippen LogP) is 1.68. The molecule has 1 saturated heterocycles. The topological polar surface area (TPSA) is 84.9 Å². The number of carbonyl (C=O) groups excluding carboxylic acids is 1. The van der Waals surface area contributed by atoms with Crippen LogP contribution in [0.15, 0.2) is 12.1 Å². The van der Waals surface area contributed by atoms with Gasteiger partial charge >= 0.3 is 5.97 Å². The lowest BCUT2D eigenvalue weighted by Gasteiger charge is -2.23. The molecule has 2 rings (SSSR count). The van der Waals surface area contributed by atoms with E-state index in [2.05, 4.69) is 5.32 Å². The number of aliphatic carboxylic acids is 1. The van der Waals surface area contributed by atoms with E-state index in [0.29, 0.717) is 17.9 Å². The largest absolute Gasteiger partial charge is 0.481 e. The number of hydrogen-bond donors (Lipinski definition) is 2. The van der Waals surface area contributed by atoms with Gasteiger partial charge in [-0.25, -0.2) is 4.79 Å². The highest BCUT2D eigenvalue weighted by Gasteiger charge is 2.18. The van der Waals surface area contributed by atoms with E-state index >= 15 is 0 Å². The molecular weight excluding hydrogens is 286 g/mol. The first-order valence-corrected chi connectivity index (χ1v) is 7.32. The fourth-order valence-electron chi connectivity index (χ4n) is 2.57. The van der Waals surface area contributed by atoms with Crippen molar-refractivity contribution in [2.24, 2.45) is 0 Å². The molecule has 1 amide bonds. The van der Waals surface area contributed by atoms with E-state index in [1.807, 2.05) is 0 Å². The first kappa shape index (κ1) is 16.3. The molecule has 22 heavy (non-hydrogen) atoms. The van der Waals surface area contributed by atoms with Gasteiger partial charge in [-0.1, -0.05) is 0 Å². The average Bonchev–Trinajstić information content (AvgIpc) is 2.47. The molecule has 0 spiro atoms. The molecule has 1 heterocycles. The lowest BCUT2D eigenvalue weighted by Crippen LogP contribution is -2.40. The molecule has 120 valence electrons. The number of aryl methyl sites for hydroxylation is 2. The zero-order chi connectivity index (χ0) is 16.1. The molecule has 1 aliphatic heterocycles. The van der Waals surface area contributed by atoms with Crippen LogP contribution in [-0.2, 0) is 9.53 Å². The fraction of sp³-hybridized carbons (Fsp3) is 0.500. The van der Waals surface area contributed by atoms with Crippen LogP contribution >= 0.6 is 0 Å². The molecule has 2 N–H and O–H groups in total.